The summed E-state index contributed by atoms with van der Waals surface area (Å²) in [6.45, 7) is 6.58. The van der Waals surface area contributed by atoms with E-state index in [4.69, 9.17) is 0 Å². The summed E-state index contributed by atoms with van der Waals surface area (Å²) in [5.74, 6) is 0.0920. The molecule has 2 fully saturated rings. The van der Waals surface area contributed by atoms with E-state index in [1.165, 1.54) is 16.9 Å². The lowest BCUT2D eigenvalue weighted by Gasteiger charge is -2.34. The van der Waals surface area contributed by atoms with Crippen molar-refractivity contribution in [3.05, 3.63) is 46.5 Å². The maximum Gasteiger partial charge on any atom is 0.240 e. The molecule has 1 aromatic carbocycles. The number of carbonyl (C=O) groups excluding carboxylic acids is 2. The molecular weight excluding hydrogens is 408 g/mol. The van der Waals surface area contributed by atoms with Crippen molar-refractivity contribution in [2.75, 3.05) is 11.9 Å². The lowest BCUT2D eigenvalue weighted by atomic mass is 9.89. The molecule has 2 aliphatic heterocycles. The Kier molecular flexibility index (Phi) is 6.44. The van der Waals surface area contributed by atoms with Crippen molar-refractivity contribution in [2.45, 2.75) is 76.9 Å². The molecule has 0 aliphatic carbocycles. The Bertz CT molecular complexity index is 944. The molecule has 2 aliphatic rings. The number of hydrogen-bond acceptors (Lipinski definition) is 5. The number of rotatable bonds is 6. The lowest BCUT2D eigenvalue weighted by molar-refractivity contribution is -0.122. The van der Waals surface area contributed by atoms with Crippen molar-refractivity contribution in [2.24, 2.45) is 0 Å². The number of amides is 2. The molecule has 0 spiro atoms. The molecular formula is C24H32N4O2S. The Morgan fingerprint density at radius 2 is 2.13 bits per heavy atom. The maximum absolute atomic E-state index is 13.0. The van der Waals surface area contributed by atoms with Crippen LogP contribution in [0.5, 0.6) is 0 Å². The molecule has 2 amide bonds. The third kappa shape index (κ3) is 4.83. The van der Waals surface area contributed by atoms with Gasteiger partial charge in [-0.2, -0.15) is 0 Å². The summed E-state index contributed by atoms with van der Waals surface area (Å²) in [7, 11) is 0. The van der Waals surface area contributed by atoms with Gasteiger partial charge in [0, 0.05) is 23.4 Å². The normalized spacial score (nSPS) is 26.2. The molecule has 0 saturated carbocycles. The Hall–Kier alpha value is -2.25. The van der Waals surface area contributed by atoms with Gasteiger partial charge in [-0.15, -0.1) is 11.3 Å². The first kappa shape index (κ1) is 22.0. The number of aromatic nitrogens is 1. The highest BCUT2D eigenvalue weighted by Gasteiger charge is 2.50. The van der Waals surface area contributed by atoms with Crippen LogP contribution in [0, 0.1) is 6.92 Å². The van der Waals surface area contributed by atoms with Gasteiger partial charge in [0.05, 0.1) is 17.8 Å². The number of benzene rings is 1. The summed E-state index contributed by atoms with van der Waals surface area (Å²) in [6.07, 6.45) is 4.92. The Morgan fingerprint density at radius 1 is 1.35 bits per heavy atom. The minimum absolute atomic E-state index is 0.0331. The Morgan fingerprint density at radius 3 is 2.84 bits per heavy atom. The lowest BCUT2D eigenvalue weighted by Crippen LogP contribution is -2.54. The number of nitrogens with one attached hydrogen (secondary N) is 2. The summed E-state index contributed by atoms with van der Waals surface area (Å²) < 4.78 is 0. The summed E-state index contributed by atoms with van der Waals surface area (Å²) in [4.78, 5) is 33.4. The SMILES string of the molecule is CCc1nc(NC(=O)CN2[C@H](Cc3ccccc3)C[C@]3(C)NC(=O)CCC[C@H]23)sc1C. The van der Waals surface area contributed by atoms with Crippen molar-refractivity contribution < 1.29 is 9.59 Å². The summed E-state index contributed by atoms with van der Waals surface area (Å²) in [6, 6.07) is 10.8. The van der Waals surface area contributed by atoms with Crippen LogP contribution in [0.3, 0.4) is 0 Å². The van der Waals surface area contributed by atoms with Gasteiger partial charge in [-0.3, -0.25) is 14.5 Å². The van der Waals surface area contributed by atoms with Crippen molar-refractivity contribution in [3.8, 4) is 0 Å². The fourth-order valence-corrected chi connectivity index (χ4v) is 6.19. The van der Waals surface area contributed by atoms with E-state index in [0.29, 0.717) is 18.1 Å². The zero-order valence-corrected chi connectivity index (χ0v) is 19.4. The fourth-order valence-electron chi connectivity index (χ4n) is 5.27. The molecule has 2 N–H and O–H groups in total. The highest BCUT2D eigenvalue weighted by Crippen LogP contribution is 2.39. The first-order chi connectivity index (χ1) is 14.9. The Labute approximate surface area is 188 Å². The fraction of sp³-hybridized carbons (Fsp3) is 0.542. The van der Waals surface area contributed by atoms with Gasteiger partial charge in [0.15, 0.2) is 5.13 Å². The molecule has 3 atom stereocenters. The molecule has 3 heterocycles. The summed E-state index contributed by atoms with van der Waals surface area (Å²) in [5, 5.41) is 6.98. The minimum Gasteiger partial charge on any atom is -0.349 e. The van der Waals surface area contributed by atoms with E-state index < -0.39 is 0 Å². The van der Waals surface area contributed by atoms with E-state index >= 15 is 0 Å². The molecule has 1 aromatic heterocycles. The third-order valence-corrected chi connectivity index (χ3v) is 7.61. The van der Waals surface area contributed by atoms with Gasteiger partial charge in [-0.05, 0) is 51.5 Å². The van der Waals surface area contributed by atoms with E-state index in [1.807, 2.05) is 13.0 Å². The van der Waals surface area contributed by atoms with E-state index in [9.17, 15) is 9.59 Å². The van der Waals surface area contributed by atoms with E-state index in [1.54, 1.807) is 0 Å². The summed E-state index contributed by atoms with van der Waals surface area (Å²) >= 11 is 1.54. The minimum atomic E-state index is -0.305. The first-order valence-corrected chi connectivity index (χ1v) is 12.1. The van der Waals surface area contributed by atoms with Gasteiger partial charge in [0.25, 0.3) is 0 Å². The molecule has 2 saturated heterocycles. The maximum atomic E-state index is 13.0. The van der Waals surface area contributed by atoms with Crippen LogP contribution in [0.1, 0.15) is 55.7 Å². The number of anilines is 1. The van der Waals surface area contributed by atoms with E-state index in [-0.39, 0.29) is 29.4 Å². The third-order valence-electron chi connectivity index (χ3n) is 6.69. The quantitative estimate of drug-likeness (QED) is 0.718. The average molecular weight is 441 g/mol. The first-order valence-electron chi connectivity index (χ1n) is 11.2. The zero-order valence-electron chi connectivity index (χ0n) is 18.6. The second kappa shape index (κ2) is 9.09. The van der Waals surface area contributed by atoms with Crippen LogP contribution in [0.4, 0.5) is 5.13 Å². The van der Waals surface area contributed by atoms with Gasteiger partial charge in [-0.25, -0.2) is 4.98 Å². The monoisotopic (exact) mass is 440 g/mol. The molecule has 166 valence electrons. The molecule has 2 aromatic rings. The number of thiazole rings is 1. The van der Waals surface area contributed by atoms with Crippen LogP contribution < -0.4 is 10.6 Å². The van der Waals surface area contributed by atoms with Crippen LogP contribution in [-0.2, 0) is 22.4 Å². The van der Waals surface area contributed by atoms with Crippen LogP contribution in [-0.4, -0.2) is 45.9 Å². The highest BCUT2D eigenvalue weighted by atomic mass is 32.1. The van der Waals surface area contributed by atoms with Gasteiger partial charge in [0.1, 0.15) is 0 Å². The number of likely N-dealkylation sites (tertiary alicyclic amines) is 1. The average Bonchev–Trinajstić information content (AvgIpc) is 3.13. The molecule has 31 heavy (non-hydrogen) atoms. The smallest absolute Gasteiger partial charge is 0.240 e. The topological polar surface area (TPSA) is 74.3 Å². The van der Waals surface area contributed by atoms with Crippen molar-refractivity contribution in [3.63, 3.8) is 0 Å². The second-order valence-corrected chi connectivity index (χ2v) is 10.2. The van der Waals surface area contributed by atoms with E-state index in [0.717, 1.165) is 42.7 Å². The van der Waals surface area contributed by atoms with Crippen LogP contribution in [0.15, 0.2) is 30.3 Å². The standard InChI is InChI=1S/C24H32N4O2S/c1-4-19-16(2)31-23(25-19)26-22(30)15-28-18(13-17-9-6-5-7-10-17)14-24(3)20(28)11-8-12-21(29)27-24/h5-7,9-10,18,20H,4,8,11-15H2,1-3H3,(H,27,29)(H,25,26,30)/t18-,20+,24+/m1/s1. The largest absolute Gasteiger partial charge is 0.349 e. The number of carbonyl (C=O) groups is 2. The molecule has 7 heteroatoms. The van der Waals surface area contributed by atoms with Crippen molar-refractivity contribution in [1.82, 2.24) is 15.2 Å². The predicted octanol–water partition coefficient (Wildman–Crippen LogP) is 3.70. The summed E-state index contributed by atoms with van der Waals surface area (Å²) in [5.41, 5.74) is 2.00. The van der Waals surface area contributed by atoms with Crippen LogP contribution in [0.2, 0.25) is 0 Å². The number of fused-ring (bicyclic) bond motifs is 1. The van der Waals surface area contributed by atoms with Crippen LogP contribution >= 0.6 is 11.3 Å². The number of aryl methyl sites for hydroxylation is 2. The highest BCUT2D eigenvalue weighted by molar-refractivity contribution is 7.15. The van der Waals surface area contributed by atoms with E-state index in [2.05, 4.69) is 58.6 Å². The van der Waals surface area contributed by atoms with Gasteiger partial charge in [-0.1, -0.05) is 37.3 Å². The van der Waals surface area contributed by atoms with Gasteiger partial charge in [0.2, 0.25) is 11.8 Å². The number of hydrogen-bond donors (Lipinski definition) is 2. The molecule has 6 nitrogen and oxygen atoms in total. The molecule has 0 unspecified atom stereocenters. The predicted molar refractivity (Wildman–Crippen MR) is 124 cm³/mol. The zero-order chi connectivity index (χ0) is 22.0. The molecule has 0 radical (unpaired) electrons. The van der Waals surface area contributed by atoms with Gasteiger partial charge < -0.3 is 10.6 Å². The second-order valence-electron chi connectivity index (χ2n) is 9.02. The molecule has 0 bridgehead atoms. The number of nitrogens with zero attached hydrogens (tertiary/aromatic N) is 2. The Balaban J connectivity index is 1.54. The van der Waals surface area contributed by atoms with Crippen molar-refractivity contribution in [1.29, 1.82) is 0 Å². The van der Waals surface area contributed by atoms with Gasteiger partial charge >= 0.3 is 0 Å². The molecule has 4 rings (SSSR count). The van der Waals surface area contributed by atoms with Crippen molar-refractivity contribution >= 4 is 28.3 Å². The van der Waals surface area contributed by atoms with Crippen LogP contribution in [0.25, 0.3) is 0 Å².